The van der Waals surface area contributed by atoms with Crippen LogP contribution in [0.15, 0.2) is 36.4 Å². The van der Waals surface area contributed by atoms with Gasteiger partial charge in [0, 0.05) is 5.69 Å². The van der Waals surface area contributed by atoms with E-state index >= 15 is 0 Å². The van der Waals surface area contributed by atoms with Gasteiger partial charge in [-0.3, -0.25) is 4.79 Å². The van der Waals surface area contributed by atoms with Crippen LogP contribution in [0.1, 0.15) is 53.7 Å². The van der Waals surface area contributed by atoms with Crippen LogP contribution in [0, 0.1) is 13.8 Å². The number of hydrogen-bond acceptors (Lipinski definition) is 4. The van der Waals surface area contributed by atoms with Crippen LogP contribution in [0.3, 0.4) is 0 Å². The second-order valence-electron chi connectivity index (χ2n) is 6.97. The molecule has 0 aliphatic rings. The smallest absolute Gasteiger partial charge is 0.337 e. The summed E-state index contributed by atoms with van der Waals surface area (Å²) in [5.74, 6) is 0.273. The van der Waals surface area contributed by atoms with Crippen molar-refractivity contribution in [1.29, 1.82) is 0 Å². The number of nitrogens with one attached hydrogen (secondary N) is 1. The molecule has 1 atom stereocenters. The normalized spacial score (nSPS) is 11.8. The van der Waals surface area contributed by atoms with Gasteiger partial charge in [-0.1, -0.05) is 32.0 Å². The maximum Gasteiger partial charge on any atom is 0.337 e. The van der Waals surface area contributed by atoms with E-state index in [1.54, 1.807) is 25.1 Å². The Labute approximate surface area is 160 Å². The van der Waals surface area contributed by atoms with Gasteiger partial charge in [-0.15, -0.1) is 0 Å². The Kier molecular flexibility index (Phi) is 6.61. The fourth-order valence-electron chi connectivity index (χ4n) is 2.70. The highest BCUT2D eigenvalue weighted by Gasteiger charge is 2.19. The summed E-state index contributed by atoms with van der Waals surface area (Å²) in [5.41, 5.74) is 3.92. The van der Waals surface area contributed by atoms with Crippen molar-refractivity contribution in [2.45, 2.75) is 46.6 Å². The van der Waals surface area contributed by atoms with Crippen molar-refractivity contribution in [3.8, 4) is 5.75 Å². The molecule has 0 radical (unpaired) electrons. The molecule has 0 saturated heterocycles. The number of rotatable bonds is 6. The average Bonchev–Trinajstić information content (AvgIpc) is 2.62. The summed E-state index contributed by atoms with van der Waals surface area (Å²) in [4.78, 5) is 24.3. The van der Waals surface area contributed by atoms with Gasteiger partial charge in [-0.2, -0.15) is 0 Å². The van der Waals surface area contributed by atoms with Gasteiger partial charge >= 0.3 is 5.97 Å². The van der Waals surface area contributed by atoms with Crippen molar-refractivity contribution in [1.82, 2.24) is 0 Å². The molecule has 144 valence electrons. The summed E-state index contributed by atoms with van der Waals surface area (Å²) < 4.78 is 10.7. The Morgan fingerprint density at radius 3 is 2.33 bits per heavy atom. The second-order valence-corrected chi connectivity index (χ2v) is 6.97. The molecule has 2 aromatic rings. The Morgan fingerprint density at radius 1 is 1.00 bits per heavy atom. The molecule has 0 spiro atoms. The number of carbonyl (C=O) groups is 2. The van der Waals surface area contributed by atoms with E-state index in [-0.39, 0.29) is 11.8 Å². The van der Waals surface area contributed by atoms with Crippen molar-refractivity contribution < 1.29 is 19.1 Å². The number of aryl methyl sites for hydroxylation is 2. The minimum absolute atomic E-state index is 0.281. The zero-order valence-electron chi connectivity index (χ0n) is 16.8. The first-order valence-electron chi connectivity index (χ1n) is 9.00. The lowest BCUT2D eigenvalue weighted by molar-refractivity contribution is -0.122. The van der Waals surface area contributed by atoms with E-state index in [9.17, 15) is 9.59 Å². The summed E-state index contributed by atoms with van der Waals surface area (Å²) in [6, 6.07) is 11.1. The summed E-state index contributed by atoms with van der Waals surface area (Å²) in [7, 11) is 1.32. The van der Waals surface area contributed by atoms with Crippen molar-refractivity contribution >= 4 is 17.6 Å². The Bertz CT molecular complexity index is 842. The van der Waals surface area contributed by atoms with Crippen LogP contribution in [-0.4, -0.2) is 25.1 Å². The lowest BCUT2D eigenvalue weighted by atomic mass is 10.0. The lowest BCUT2D eigenvalue weighted by Gasteiger charge is -2.20. The number of benzene rings is 2. The van der Waals surface area contributed by atoms with Crippen molar-refractivity contribution in [3.05, 3.63) is 58.7 Å². The Balaban J connectivity index is 2.17. The minimum Gasteiger partial charge on any atom is -0.481 e. The topological polar surface area (TPSA) is 64.6 Å². The first kappa shape index (κ1) is 20.5. The molecular weight excluding hydrogens is 342 g/mol. The van der Waals surface area contributed by atoms with Crippen molar-refractivity contribution in [3.63, 3.8) is 0 Å². The first-order valence-corrected chi connectivity index (χ1v) is 9.00. The molecule has 1 N–H and O–H groups in total. The molecule has 5 nitrogen and oxygen atoms in total. The molecule has 0 bridgehead atoms. The van der Waals surface area contributed by atoms with Gasteiger partial charge in [0.15, 0.2) is 6.10 Å². The molecule has 2 rings (SSSR count). The molecule has 0 aromatic heterocycles. The predicted molar refractivity (Wildman–Crippen MR) is 107 cm³/mol. The molecule has 2 aromatic carbocycles. The van der Waals surface area contributed by atoms with Crippen LogP contribution >= 0.6 is 0 Å². The van der Waals surface area contributed by atoms with Gasteiger partial charge in [0.25, 0.3) is 5.91 Å². The monoisotopic (exact) mass is 369 g/mol. The van der Waals surface area contributed by atoms with Crippen LogP contribution in [0.5, 0.6) is 5.75 Å². The Hall–Kier alpha value is -2.82. The molecule has 0 heterocycles. The SMILES string of the molecule is COC(=O)c1ccc(C)c(NC(=O)[C@@H](C)Oc2cc(C)ccc2C(C)C)c1. The maximum absolute atomic E-state index is 12.6. The van der Waals surface area contributed by atoms with E-state index in [2.05, 4.69) is 19.2 Å². The van der Waals surface area contributed by atoms with E-state index in [0.717, 1.165) is 16.7 Å². The number of carbonyl (C=O) groups excluding carboxylic acids is 2. The molecule has 0 saturated carbocycles. The van der Waals surface area contributed by atoms with Gasteiger partial charge in [0.05, 0.1) is 12.7 Å². The summed E-state index contributed by atoms with van der Waals surface area (Å²) in [6.07, 6.45) is -0.689. The summed E-state index contributed by atoms with van der Waals surface area (Å²) in [6.45, 7) is 9.73. The molecule has 5 heteroatoms. The minimum atomic E-state index is -0.689. The molecule has 0 fully saturated rings. The molecule has 27 heavy (non-hydrogen) atoms. The fourth-order valence-corrected chi connectivity index (χ4v) is 2.70. The zero-order chi connectivity index (χ0) is 20.1. The standard InChI is InChI=1S/C22H27NO4/c1-13(2)18-10-7-14(3)11-20(18)27-16(5)21(24)23-19-12-17(22(25)26-6)9-8-15(19)4/h7-13,16H,1-6H3,(H,23,24)/t16-/m1/s1. The number of methoxy groups -OCH3 is 1. The van der Waals surface area contributed by atoms with E-state index < -0.39 is 12.1 Å². The average molecular weight is 369 g/mol. The van der Waals surface area contributed by atoms with Crippen LogP contribution in [-0.2, 0) is 9.53 Å². The van der Waals surface area contributed by atoms with Crippen LogP contribution in [0.25, 0.3) is 0 Å². The quantitative estimate of drug-likeness (QED) is 0.755. The third-order valence-electron chi connectivity index (χ3n) is 4.38. The number of ether oxygens (including phenoxy) is 2. The fraction of sp³-hybridized carbons (Fsp3) is 0.364. The second kappa shape index (κ2) is 8.71. The number of anilines is 1. The van der Waals surface area contributed by atoms with Gasteiger partial charge in [-0.05, 0) is 61.6 Å². The highest BCUT2D eigenvalue weighted by atomic mass is 16.5. The van der Waals surface area contributed by atoms with E-state index in [4.69, 9.17) is 9.47 Å². The first-order chi connectivity index (χ1) is 12.7. The van der Waals surface area contributed by atoms with Gasteiger partial charge in [0.2, 0.25) is 0 Å². The maximum atomic E-state index is 12.6. The van der Waals surface area contributed by atoms with E-state index in [1.165, 1.54) is 7.11 Å². The van der Waals surface area contributed by atoms with Crippen molar-refractivity contribution in [2.24, 2.45) is 0 Å². The number of esters is 1. The third kappa shape index (κ3) is 5.09. The number of hydrogen-bond donors (Lipinski definition) is 1. The predicted octanol–water partition coefficient (Wildman–Crippen LogP) is 4.62. The van der Waals surface area contributed by atoms with Gasteiger partial charge in [-0.25, -0.2) is 4.79 Å². The van der Waals surface area contributed by atoms with Crippen LogP contribution in [0.4, 0.5) is 5.69 Å². The van der Waals surface area contributed by atoms with Crippen LogP contribution < -0.4 is 10.1 Å². The largest absolute Gasteiger partial charge is 0.481 e. The molecule has 1 amide bonds. The van der Waals surface area contributed by atoms with Crippen LogP contribution in [0.2, 0.25) is 0 Å². The molecule has 0 aliphatic carbocycles. The Morgan fingerprint density at radius 2 is 1.70 bits per heavy atom. The highest BCUT2D eigenvalue weighted by molar-refractivity contribution is 5.97. The lowest BCUT2D eigenvalue weighted by Crippen LogP contribution is -2.30. The zero-order valence-corrected chi connectivity index (χ0v) is 16.8. The van der Waals surface area contributed by atoms with E-state index in [1.807, 2.05) is 32.0 Å². The highest BCUT2D eigenvalue weighted by Crippen LogP contribution is 2.28. The van der Waals surface area contributed by atoms with E-state index in [0.29, 0.717) is 17.0 Å². The summed E-state index contributed by atoms with van der Waals surface area (Å²) in [5, 5.41) is 2.84. The van der Waals surface area contributed by atoms with Gasteiger partial charge < -0.3 is 14.8 Å². The summed E-state index contributed by atoms with van der Waals surface area (Å²) >= 11 is 0. The molecule has 0 unspecified atom stereocenters. The number of amides is 1. The molecular formula is C22H27NO4. The van der Waals surface area contributed by atoms with Crippen molar-refractivity contribution in [2.75, 3.05) is 12.4 Å². The molecule has 0 aliphatic heterocycles. The van der Waals surface area contributed by atoms with Gasteiger partial charge in [0.1, 0.15) is 5.75 Å². The third-order valence-corrected chi connectivity index (χ3v) is 4.38.